The van der Waals surface area contributed by atoms with Crippen LogP contribution in [0.3, 0.4) is 0 Å². The third kappa shape index (κ3) is 7.46. The van der Waals surface area contributed by atoms with Gasteiger partial charge in [-0.15, -0.1) is 0 Å². The first-order chi connectivity index (χ1) is 15.9. The van der Waals surface area contributed by atoms with Gasteiger partial charge in [-0.05, 0) is 68.4 Å². The van der Waals surface area contributed by atoms with Crippen LogP contribution in [0.1, 0.15) is 53.6 Å². The molecule has 0 spiro atoms. The van der Waals surface area contributed by atoms with Crippen molar-refractivity contribution in [2.24, 2.45) is 5.16 Å². The molecule has 1 atom stereocenters. The molecule has 0 aromatic heterocycles. The van der Waals surface area contributed by atoms with Crippen molar-refractivity contribution in [2.45, 2.75) is 51.6 Å². The minimum absolute atomic E-state index is 0.0306. The molecule has 0 saturated carbocycles. The summed E-state index contributed by atoms with van der Waals surface area (Å²) in [5.74, 6) is -0.567. The maximum Gasteiger partial charge on any atom is 0.338 e. The number of fused-ring (bicyclic) bond motifs is 1. The lowest BCUT2D eigenvalue weighted by atomic mass is 9.96. The maximum atomic E-state index is 12.7. The Balaban J connectivity index is 1.83. The highest BCUT2D eigenvalue weighted by molar-refractivity contribution is 6.00. The quantitative estimate of drug-likeness (QED) is 0.411. The minimum atomic E-state index is -0.679. The molecule has 8 nitrogen and oxygen atoms in total. The number of rotatable bonds is 3. The number of amides is 1. The molecule has 1 aromatic rings. The van der Waals surface area contributed by atoms with E-state index in [4.69, 9.17) is 9.57 Å². The Kier molecular flexibility index (Phi) is 9.06. The molecule has 2 N–H and O–H groups in total. The summed E-state index contributed by atoms with van der Waals surface area (Å²) in [6.45, 7) is 3.22. The number of nitrogens with zero attached hydrogens (tertiary/aromatic N) is 2. The number of phenols is 1. The number of benzene rings is 1. The van der Waals surface area contributed by atoms with E-state index in [1.165, 1.54) is 12.1 Å². The summed E-state index contributed by atoms with van der Waals surface area (Å²) in [4.78, 5) is 32.3. The Morgan fingerprint density at radius 3 is 2.82 bits per heavy atom. The van der Waals surface area contributed by atoms with Crippen molar-refractivity contribution in [3.8, 4) is 5.75 Å². The van der Waals surface area contributed by atoms with Crippen LogP contribution >= 0.6 is 0 Å². The topological polar surface area (TPSA) is 109 Å². The van der Waals surface area contributed by atoms with Gasteiger partial charge in [0.2, 0.25) is 0 Å². The Hall–Kier alpha value is -3.13. The predicted molar refractivity (Wildman–Crippen MR) is 124 cm³/mol. The van der Waals surface area contributed by atoms with Gasteiger partial charge in [-0.3, -0.25) is 4.79 Å². The van der Waals surface area contributed by atoms with Crippen molar-refractivity contribution in [1.82, 2.24) is 4.90 Å². The minimum Gasteiger partial charge on any atom is -0.508 e. The van der Waals surface area contributed by atoms with Crippen LogP contribution in [-0.4, -0.2) is 65.1 Å². The maximum absolute atomic E-state index is 12.7. The van der Waals surface area contributed by atoms with Gasteiger partial charge < -0.3 is 24.7 Å². The molecule has 1 saturated heterocycles. The number of carbonyl (C=O) groups excluding carboxylic acids is 2. The van der Waals surface area contributed by atoms with Gasteiger partial charge in [0.15, 0.2) is 6.61 Å². The second-order valence-corrected chi connectivity index (χ2v) is 8.33. The summed E-state index contributed by atoms with van der Waals surface area (Å²) in [6, 6.07) is 3.02. The number of phenolic OH excluding ortho intramolecular Hbond substituents is 1. The van der Waals surface area contributed by atoms with Crippen LogP contribution in [0.5, 0.6) is 5.75 Å². The Labute approximate surface area is 194 Å². The van der Waals surface area contributed by atoms with Crippen LogP contribution in [-0.2, 0) is 20.8 Å². The number of carbonyl (C=O) groups is 2. The molecule has 33 heavy (non-hydrogen) atoms. The average molecular weight is 457 g/mol. The SMILES string of the molecule is Cc1cc(O)cc2c1C(=O)OCC/C=C/C(O)C/C=C/C(=N/OCC(=O)N1CCCCC1)C2. The van der Waals surface area contributed by atoms with Crippen molar-refractivity contribution >= 4 is 17.6 Å². The van der Waals surface area contributed by atoms with E-state index in [0.717, 1.165) is 32.4 Å². The third-order valence-electron chi connectivity index (χ3n) is 5.62. The van der Waals surface area contributed by atoms with Gasteiger partial charge in [-0.2, -0.15) is 0 Å². The van der Waals surface area contributed by atoms with Crippen molar-refractivity contribution in [1.29, 1.82) is 0 Å². The molecule has 2 heterocycles. The van der Waals surface area contributed by atoms with E-state index in [2.05, 4.69) is 5.16 Å². The van der Waals surface area contributed by atoms with Crippen LogP contribution in [0.15, 0.2) is 41.6 Å². The van der Waals surface area contributed by atoms with Gasteiger partial charge in [0.25, 0.3) is 5.91 Å². The number of aliphatic hydroxyl groups is 1. The number of aromatic hydroxyl groups is 1. The van der Waals surface area contributed by atoms with Gasteiger partial charge in [0.05, 0.1) is 24.0 Å². The van der Waals surface area contributed by atoms with E-state index in [0.29, 0.717) is 35.2 Å². The first-order valence-electron chi connectivity index (χ1n) is 11.4. The highest BCUT2D eigenvalue weighted by atomic mass is 16.6. The number of aryl methyl sites for hydroxylation is 1. The lowest BCUT2D eigenvalue weighted by molar-refractivity contribution is -0.137. The molecule has 0 aliphatic carbocycles. The van der Waals surface area contributed by atoms with Crippen molar-refractivity contribution in [2.75, 3.05) is 26.3 Å². The number of aliphatic hydroxyl groups excluding tert-OH is 1. The van der Waals surface area contributed by atoms with Crippen LogP contribution in [0.2, 0.25) is 0 Å². The predicted octanol–water partition coefficient (Wildman–Crippen LogP) is 3.05. The fourth-order valence-corrected chi connectivity index (χ4v) is 3.96. The summed E-state index contributed by atoms with van der Waals surface area (Å²) in [5.41, 5.74) is 1.96. The number of piperidine rings is 1. The highest BCUT2D eigenvalue weighted by Gasteiger charge is 2.20. The summed E-state index contributed by atoms with van der Waals surface area (Å²) in [6.07, 6.45) is 10.4. The summed E-state index contributed by atoms with van der Waals surface area (Å²) >= 11 is 0. The Morgan fingerprint density at radius 2 is 2.03 bits per heavy atom. The number of hydrogen-bond donors (Lipinski definition) is 2. The molecule has 1 fully saturated rings. The first-order valence-corrected chi connectivity index (χ1v) is 11.4. The van der Waals surface area contributed by atoms with Gasteiger partial charge in [0.1, 0.15) is 5.75 Å². The molecule has 178 valence electrons. The zero-order valence-corrected chi connectivity index (χ0v) is 19.0. The van der Waals surface area contributed by atoms with E-state index in [9.17, 15) is 19.8 Å². The van der Waals surface area contributed by atoms with Gasteiger partial charge in [-0.1, -0.05) is 23.4 Å². The van der Waals surface area contributed by atoms with Gasteiger partial charge >= 0.3 is 5.97 Å². The van der Waals surface area contributed by atoms with E-state index >= 15 is 0 Å². The zero-order valence-electron chi connectivity index (χ0n) is 19.0. The molecule has 1 unspecified atom stereocenters. The lowest BCUT2D eigenvalue weighted by Gasteiger charge is -2.26. The Bertz CT molecular complexity index is 931. The van der Waals surface area contributed by atoms with Crippen molar-refractivity contribution in [3.63, 3.8) is 0 Å². The number of oxime groups is 1. The van der Waals surface area contributed by atoms with E-state index in [1.54, 1.807) is 36.1 Å². The number of hydrogen-bond acceptors (Lipinski definition) is 7. The van der Waals surface area contributed by atoms with Crippen molar-refractivity contribution < 1.29 is 29.4 Å². The monoisotopic (exact) mass is 456 g/mol. The van der Waals surface area contributed by atoms with Gasteiger partial charge in [-0.25, -0.2) is 4.79 Å². The lowest BCUT2D eigenvalue weighted by Crippen LogP contribution is -2.37. The largest absolute Gasteiger partial charge is 0.508 e. The van der Waals surface area contributed by atoms with Crippen LogP contribution in [0.25, 0.3) is 0 Å². The van der Waals surface area contributed by atoms with Crippen LogP contribution in [0.4, 0.5) is 0 Å². The molecule has 1 amide bonds. The van der Waals surface area contributed by atoms with Gasteiger partial charge in [0, 0.05) is 19.5 Å². The number of ether oxygens (including phenoxy) is 1. The smallest absolute Gasteiger partial charge is 0.338 e. The van der Waals surface area contributed by atoms with E-state index in [1.807, 2.05) is 0 Å². The standard InChI is InChI=1S/C25H32N2O6/c1-18-14-22(29)16-19-15-20(26-33-17-23(30)27-11-4-2-5-12-27)8-7-10-21(28)9-3-6-13-32-25(31)24(18)19/h3,7-9,14,16,21,28-29H,2,4-6,10-13,15,17H2,1H3/b8-7+,9-3+,26-20-. The number of esters is 1. The summed E-state index contributed by atoms with van der Waals surface area (Å²) < 4.78 is 5.39. The molecule has 2 aliphatic rings. The molecule has 0 bridgehead atoms. The molecule has 0 radical (unpaired) electrons. The van der Waals surface area contributed by atoms with E-state index in [-0.39, 0.29) is 31.3 Å². The number of likely N-dealkylation sites (tertiary alicyclic amines) is 1. The van der Waals surface area contributed by atoms with Crippen LogP contribution < -0.4 is 0 Å². The fraction of sp³-hybridized carbons (Fsp3) is 0.480. The number of cyclic esters (lactones) is 1. The van der Waals surface area contributed by atoms with Crippen molar-refractivity contribution in [3.05, 3.63) is 53.1 Å². The zero-order chi connectivity index (χ0) is 23.6. The molecule has 1 aromatic carbocycles. The molecule has 8 heteroatoms. The highest BCUT2D eigenvalue weighted by Crippen LogP contribution is 2.24. The first kappa shape index (κ1) is 24.5. The molecule has 2 aliphatic heterocycles. The second kappa shape index (κ2) is 12.2. The fourth-order valence-electron chi connectivity index (χ4n) is 3.96. The second-order valence-electron chi connectivity index (χ2n) is 8.33. The molecule has 3 rings (SSSR count). The molecular formula is C25H32N2O6. The molecular weight excluding hydrogens is 424 g/mol. The summed E-state index contributed by atoms with van der Waals surface area (Å²) in [5, 5.41) is 24.3. The third-order valence-corrected chi connectivity index (χ3v) is 5.62. The van der Waals surface area contributed by atoms with Crippen LogP contribution in [0, 0.1) is 6.92 Å². The normalized spacial score (nSPS) is 23.2. The Morgan fingerprint density at radius 1 is 1.24 bits per heavy atom. The number of allylic oxidation sites excluding steroid dienone is 1. The van der Waals surface area contributed by atoms with E-state index < -0.39 is 12.1 Å². The summed E-state index contributed by atoms with van der Waals surface area (Å²) in [7, 11) is 0. The average Bonchev–Trinajstić information content (AvgIpc) is 2.78.